The van der Waals surface area contributed by atoms with Crippen LogP contribution in [0.2, 0.25) is 0 Å². The molecular weight excluding hydrogens is 158 g/mol. The quantitative estimate of drug-likeness (QED) is 0.711. The Hall–Kier alpha value is -0.0400. The number of nitrogens with two attached hydrogens (primary N) is 1. The van der Waals surface area contributed by atoms with Gasteiger partial charge in [-0.15, -0.1) is 0 Å². The van der Waals surface area contributed by atoms with Crippen LogP contribution in [0, 0.1) is 11.3 Å². The summed E-state index contributed by atoms with van der Waals surface area (Å²) in [6.07, 6.45) is 9.87. The molecule has 1 saturated carbocycles. The minimum atomic E-state index is 0.419. The van der Waals surface area contributed by atoms with E-state index in [2.05, 4.69) is 13.8 Å². The largest absolute Gasteiger partial charge is 0.330 e. The highest BCUT2D eigenvalue weighted by molar-refractivity contribution is 4.79. The van der Waals surface area contributed by atoms with E-state index in [1.54, 1.807) is 0 Å². The smallest absolute Gasteiger partial charge is 0.00232 e. The molecule has 0 aliphatic heterocycles. The summed E-state index contributed by atoms with van der Waals surface area (Å²) in [5.41, 5.74) is 6.25. The van der Waals surface area contributed by atoms with Gasteiger partial charge in [0.15, 0.2) is 0 Å². The monoisotopic (exact) mass is 183 g/mol. The number of hydrogen-bond donors (Lipinski definition) is 1. The van der Waals surface area contributed by atoms with Crippen molar-refractivity contribution in [1.29, 1.82) is 0 Å². The van der Waals surface area contributed by atoms with Gasteiger partial charge < -0.3 is 5.73 Å². The van der Waals surface area contributed by atoms with E-state index in [1.165, 1.54) is 44.9 Å². The van der Waals surface area contributed by atoms with Gasteiger partial charge in [0, 0.05) is 0 Å². The van der Waals surface area contributed by atoms with E-state index < -0.39 is 0 Å². The van der Waals surface area contributed by atoms with Gasteiger partial charge in [-0.05, 0) is 30.7 Å². The van der Waals surface area contributed by atoms with Crippen LogP contribution in [0.25, 0.3) is 0 Å². The summed E-state index contributed by atoms with van der Waals surface area (Å²) in [4.78, 5) is 0. The third-order valence-electron chi connectivity index (χ3n) is 3.85. The minimum Gasteiger partial charge on any atom is -0.330 e. The highest BCUT2D eigenvalue weighted by atomic mass is 14.6. The Morgan fingerprint density at radius 1 is 1.23 bits per heavy atom. The summed E-state index contributed by atoms with van der Waals surface area (Å²) >= 11 is 0. The van der Waals surface area contributed by atoms with E-state index in [0.717, 1.165) is 12.5 Å². The van der Waals surface area contributed by atoms with Crippen molar-refractivity contribution >= 4 is 0 Å². The van der Waals surface area contributed by atoms with Crippen LogP contribution in [0.4, 0.5) is 0 Å². The predicted octanol–water partition coefficient (Wildman–Crippen LogP) is 3.33. The molecule has 13 heavy (non-hydrogen) atoms. The summed E-state index contributed by atoms with van der Waals surface area (Å²) < 4.78 is 0. The third-order valence-corrected chi connectivity index (χ3v) is 3.85. The molecule has 0 amide bonds. The Morgan fingerprint density at radius 3 is 2.31 bits per heavy atom. The summed E-state index contributed by atoms with van der Waals surface area (Å²) in [6.45, 7) is 5.48. The second-order valence-corrected chi connectivity index (χ2v) is 5.08. The van der Waals surface area contributed by atoms with Crippen LogP contribution < -0.4 is 5.73 Å². The molecule has 1 nitrogen and oxygen atoms in total. The number of rotatable bonds is 4. The van der Waals surface area contributed by atoms with Crippen LogP contribution in [-0.4, -0.2) is 6.54 Å². The number of hydrogen-bond acceptors (Lipinski definition) is 1. The SMILES string of the molecule is CCC(C)(CN)CC1CCCCC1. The maximum absolute atomic E-state index is 5.83. The van der Waals surface area contributed by atoms with Gasteiger partial charge in [-0.3, -0.25) is 0 Å². The first-order valence-corrected chi connectivity index (χ1v) is 5.90. The fourth-order valence-electron chi connectivity index (χ4n) is 2.46. The molecule has 0 aromatic carbocycles. The maximum Gasteiger partial charge on any atom is -0.00232 e. The molecule has 0 spiro atoms. The molecule has 1 rings (SSSR count). The van der Waals surface area contributed by atoms with Gasteiger partial charge in [-0.25, -0.2) is 0 Å². The van der Waals surface area contributed by atoms with Gasteiger partial charge in [0.2, 0.25) is 0 Å². The van der Waals surface area contributed by atoms with Crippen molar-refractivity contribution in [3.63, 3.8) is 0 Å². The maximum atomic E-state index is 5.83. The second-order valence-electron chi connectivity index (χ2n) is 5.08. The van der Waals surface area contributed by atoms with Gasteiger partial charge in [0.25, 0.3) is 0 Å². The lowest BCUT2D eigenvalue weighted by Crippen LogP contribution is -2.29. The molecule has 1 aliphatic rings. The first-order valence-electron chi connectivity index (χ1n) is 5.90. The molecule has 1 fully saturated rings. The first kappa shape index (κ1) is 11.0. The summed E-state index contributed by atoms with van der Waals surface area (Å²) in [5.74, 6) is 0.974. The van der Waals surface area contributed by atoms with E-state index in [9.17, 15) is 0 Å². The Kier molecular flexibility index (Phi) is 4.24. The second kappa shape index (κ2) is 4.99. The van der Waals surface area contributed by atoms with Crippen LogP contribution in [-0.2, 0) is 0 Å². The molecule has 2 N–H and O–H groups in total. The molecule has 1 atom stereocenters. The lowest BCUT2D eigenvalue weighted by molar-refractivity contribution is 0.203. The molecule has 0 aromatic rings. The highest BCUT2D eigenvalue weighted by Crippen LogP contribution is 2.35. The van der Waals surface area contributed by atoms with Gasteiger partial charge in [0.1, 0.15) is 0 Å². The molecule has 0 radical (unpaired) electrons. The summed E-state index contributed by atoms with van der Waals surface area (Å²) in [5, 5.41) is 0. The van der Waals surface area contributed by atoms with E-state index in [0.29, 0.717) is 5.41 Å². The van der Waals surface area contributed by atoms with E-state index >= 15 is 0 Å². The Balaban J connectivity index is 2.35. The highest BCUT2D eigenvalue weighted by Gasteiger charge is 2.25. The van der Waals surface area contributed by atoms with Crippen molar-refractivity contribution in [3.05, 3.63) is 0 Å². The molecule has 78 valence electrons. The molecule has 0 heterocycles. The van der Waals surface area contributed by atoms with Crippen molar-refractivity contribution in [2.45, 2.75) is 58.8 Å². The van der Waals surface area contributed by atoms with Gasteiger partial charge >= 0.3 is 0 Å². The van der Waals surface area contributed by atoms with E-state index in [1.807, 2.05) is 0 Å². The van der Waals surface area contributed by atoms with Crippen molar-refractivity contribution in [2.75, 3.05) is 6.54 Å². The molecule has 1 aliphatic carbocycles. The standard InChI is InChI=1S/C12H25N/c1-3-12(2,10-13)9-11-7-5-4-6-8-11/h11H,3-10,13H2,1-2H3. The predicted molar refractivity (Wildman–Crippen MR) is 58.6 cm³/mol. The van der Waals surface area contributed by atoms with Crippen molar-refractivity contribution < 1.29 is 0 Å². The lowest BCUT2D eigenvalue weighted by atomic mass is 9.74. The Bertz CT molecular complexity index is 132. The van der Waals surface area contributed by atoms with Crippen LogP contribution >= 0.6 is 0 Å². The van der Waals surface area contributed by atoms with E-state index in [-0.39, 0.29) is 0 Å². The van der Waals surface area contributed by atoms with Crippen molar-refractivity contribution in [3.8, 4) is 0 Å². The van der Waals surface area contributed by atoms with Crippen LogP contribution in [0.5, 0.6) is 0 Å². The Labute approximate surface area is 83.1 Å². The third kappa shape index (κ3) is 3.30. The fraction of sp³-hybridized carbons (Fsp3) is 1.00. The summed E-state index contributed by atoms with van der Waals surface area (Å²) in [6, 6.07) is 0. The molecule has 1 heteroatoms. The minimum absolute atomic E-state index is 0.419. The molecule has 0 bridgehead atoms. The van der Waals surface area contributed by atoms with Crippen LogP contribution in [0.15, 0.2) is 0 Å². The lowest BCUT2D eigenvalue weighted by Gasteiger charge is -2.33. The van der Waals surface area contributed by atoms with Gasteiger partial charge in [0.05, 0.1) is 0 Å². The zero-order valence-electron chi connectivity index (χ0n) is 9.31. The van der Waals surface area contributed by atoms with Gasteiger partial charge in [-0.1, -0.05) is 46.0 Å². The first-order chi connectivity index (χ1) is 6.20. The van der Waals surface area contributed by atoms with Gasteiger partial charge in [-0.2, -0.15) is 0 Å². The normalized spacial score (nSPS) is 24.2. The van der Waals surface area contributed by atoms with Crippen molar-refractivity contribution in [1.82, 2.24) is 0 Å². The molecule has 1 unspecified atom stereocenters. The average molecular weight is 183 g/mol. The van der Waals surface area contributed by atoms with Crippen LogP contribution in [0.3, 0.4) is 0 Å². The topological polar surface area (TPSA) is 26.0 Å². The zero-order chi connectivity index (χ0) is 9.73. The van der Waals surface area contributed by atoms with Crippen LogP contribution in [0.1, 0.15) is 58.8 Å². The average Bonchev–Trinajstić information content (AvgIpc) is 2.19. The Morgan fingerprint density at radius 2 is 1.85 bits per heavy atom. The molecule has 0 aromatic heterocycles. The van der Waals surface area contributed by atoms with E-state index in [4.69, 9.17) is 5.73 Å². The fourth-order valence-corrected chi connectivity index (χ4v) is 2.46. The zero-order valence-corrected chi connectivity index (χ0v) is 9.31. The molecular formula is C12H25N. The summed E-state index contributed by atoms with van der Waals surface area (Å²) in [7, 11) is 0. The van der Waals surface area contributed by atoms with Crippen molar-refractivity contribution in [2.24, 2.45) is 17.1 Å². The molecule has 0 saturated heterocycles.